The molecule has 0 bridgehead atoms. The van der Waals surface area contributed by atoms with Crippen LogP contribution in [0, 0.1) is 29.1 Å². The molecular formula is C17H33NO. The normalized spacial score (nSPS) is 41.7. The maximum absolute atomic E-state index is 10.4. The van der Waals surface area contributed by atoms with Crippen LogP contribution in [0.2, 0.25) is 0 Å². The second kappa shape index (κ2) is 5.73. The summed E-state index contributed by atoms with van der Waals surface area (Å²) in [5.41, 5.74) is 0.431. The number of aliphatic hydroxyl groups is 1. The standard InChI is InChI=1S/C17H33NO/c1-12-8-13(2)15(16(19)9-12)11-18-7-6-14(10-18)17(3,4)5/h12-16,19H,6-11H2,1-5H3. The lowest BCUT2D eigenvalue weighted by atomic mass is 9.73. The Bertz CT molecular complexity index is 284. The van der Waals surface area contributed by atoms with Gasteiger partial charge in [0.1, 0.15) is 0 Å². The molecule has 2 nitrogen and oxygen atoms in total. The SMILES string of the molecule is CC1CC(C)C(CN2CCC(C(C)(C)C)C2)C(O)C1. The monoisotopic (exact) mass is 267 g/mol. The molecule has 5 atom stereocenters. The van der Waals surface area contributed by atoms with Crippen LogP contribution in [-0.2, 0) is 0 Å². The Morgan fingerprint density at radius 2 is 1.84 bits per heavy atom. The highest BCUT2D eigenvalue weighted by Crippen LogP contribution is 2.37. The van der Waals surface area contributed by atoms with Crippen molar-refractivity contribution < 1.29 is 5.11 Å². The molecule has 1 saturated heterocycles. The van der Waals surface area contributed by atoms with Crippen LogP contribution in [0.25, 0.3) is 0 Å². The summed E-state index contributed by atoms with van der Waals surface area (Å²) in [6, 6.07) is 0. The molecule has 0 aromatic heterocycles. The Morgan fingerprint density at radius 1 is 1.16 bits per heavy atom. The van der Waals surface area contributed by atoms with E-state index in [1.807, 2.05) is 0 Å². The van der Waals surface area contributed by atoms with E-state index in [9.17, 15) is 5.11 Å². The first-order chi connectivity index (χ1) is 8.77. The maximum Gasteiger partial charge on any atom is 0.0585 e. The molecule has 1 saturated carbocycles. The van der Waals surface area contributed by atoms with Gasteiger partial charge >= 0.3 is 0 Å². The van der Waals surface area contributed by atoms with E-state index < -0.39 is 0 Å². The molecule has 2 rings (SSSR count). The second-order valence-electron chi connectivity index (χ2n) is 8.40. The number of rotatable bonds is 2. The van der Waals surface area contributed by atoms with Gasteiger partial charge in [-0.3, -0.25) is 0 Å². The summed E-state index contributed by atoms with van der Waals surface area (Å²) in [6.07, 6.45) is 3.55. The topological polar surface area (TPSA) is 23.5 Å². The minimum atomic E-state index is -0.0764. The van der Waals surface area contributed by atoms with Crippen LogP contribution in [0.1, 0.15) is 53.9 Å². The Hall–Kier alpha value is -0.0800. The van der Waals surface area contributed by atoms with E-state index in [-0.39, 0.29) is 6.10 Å². The molecule has 2 heteroatoms. The smallest absolute Gasteiger partial charge is 0.0585 e. The highest BCUT2D eigenvalue weighted by atomic mass is 16.3. The van der Waals surface area contributed by atoms with Crippen LogP contribution in [-0.4, -0.2) is 35.7 Å². The number of hydrogen-bond acceptors (Lipinski definition) is 2. The van der Waals surface area contributed by atoms with Gasteiger partial charge < -0.3 is 10.0 Å². The average Bonchev–Trinajstić information content (AvgIpc) is 2.71. The summed E-state index contributed by atoms with van der Waals surface area (Å²) in [6.45, 7) is 15.3. The van der Waals surface area contributed by atoms with E-state index in [0.717, 1.165) is 18.9 Å². The third-order valence-corrected chi connectivity index (χ3v) is 5.61. The molecule has 2 fully saturated rings. The van der Waals surface area contributed by atoms with Crippen LogP contribution in [0.15, 0.2) is 0 Å². The Morgan fingerprint density at radius 3 is 2.37 bits per heavy atom. The van der Waals surface area contributed by atoms with Crippen molar-refractivity contribution in [1.82, 2.24) is 4.90 Å². The first-order valence-electron chi connectivity index (χ1n) is 8.17. The van der Waals surface area contributed by atoms with Gasteiger partial charge in [-0.05, 0) is 49.0 Å². The fourth-order valence-corrected chi connectivity index (χ4v) is 4.18. The van der Waals surface area contributed by atoms with Crippen molar-refractivity contribution in [2.24, 2.45) is 29.1 Å². The Balaban J connectivity index is 1.88. The van der Waals surface area contributed by atoms with Crippen molar-refractivity contribution in [3.8, 4) is 0 Å². The minimum absolute atomic E-state index is 0.0764. The van der Waals surface area contributed by atoms with Crippen molar-refractivity contribution in [3.63, 3.8) is 0 Å². The number of likely N-dealkylation sites (tertiary alicyclic amines) is 1. The predicted molar refractivity (Wildman–Crippen MR) is 81.1 cm³/mol. The molecule has 0 amide bonds. The van der Waals surface area contributed by atoms with Gasteiger partial charge in [-0.25, -0.2) is 0 Å². The molecule has 5 unspecified atom stereocenters. The van der Waals surface area contributed by atoms with Crippen LogP contribution in [0.5, 0.6) is 0 Å². The highest BCUT2D eigenvalue weighted by Gasteiger charge is 2.37. The molecular weight excluding hydrogens is 234 g/mol. The van der Waals surface area contributed by atoms with Gasteiger partial charge in [0.15, 0.2) is 0 Å². The van der Waals surface area contributed by atoms with Crippen molar-refractivity contribution in [1.29, 1.82) is 0 Å². The molecule has 1 aliphatic carbocycles. The van der Waals surface area contributed by atoms with E-state index in [2.05, 4.69) is 39.5 Å². The molecule has 1 N–H and O–H groups in total. The summed E-state index contributed by atoms with van der Waals surface area (Å²) in [5.74, 6) is 2.69. The Kier molecular flexibility index (Phi) is 4.62. The zero-order chi connectivity index (χ0) is 14.2. The lowest BCUT2D eigenvalue weighted by Gasteiger charge is -2.39. The quantitative estimate of drug-likeness (QED) is 0.829. The van der Waals surface area contributed by atoms with Crippen molar-refractivity contribution in [3.05, 3.63) is 0 Å². The largest absolute Gasteiger partial charge is 0.393 e. The van der Waals surface area contributed by atoms with Gasteiger partial charge in [-0.1, -0.05) is 34.6 Å². The van der Waals surface area contributed by atoms with Crippen molar-refractivity contribution >= 4 is 0 Å². The van der Waals surface area contributed by atoms with E-state index in [1.165, 1.54) is 25.9 Å². The third kappa shape index (κ3) is 3.72. The van der Waals surface area contributed by atoms with Crippen molar-refractivity contribution in [2.75, 3.05) is 19.6 Å². The number of hydrogen-bond donors (Lipinski definition) is 1. The number of nitrogens with zero attached hydrogens (tertiary/aromatic N) is 1. The second-order valence-corrected chi connectivity index (χ2v) is 8.40. The molecule has 0 aromatic rings. The van der Waals surface area contributed by atoms with Gasteiger partial charge in [0.25, 0.3) is 0 Å². The van der Waals surface area contributed by atoms with Crippen LogP contribution in [0.4, 0.5) is 0 Å². The molecule has 1 heterocycles. The van der Waals surface area contributed by atoms with E-state index in [0.29, 0.717) is 23.2 Å². The molecule has 0 radical (unpaired) electrons. The van der Waals surface area contributed by atoms with E-state index in [1.54, 1.807) is 0 Å². The summed E-state index contributed by atoms with van der Waals surface area (Å²) in [5, 5.41) is 10.4. The first-order valence-corrected chi connectivity index (χ1v) is 8.17. The molecule has 19 heavy (non-hydrogen) atoms. The number of aliphatic hydroxyl groups excluding tert-OH is 1. The molecule has 0 aromatic carbocycles. The minimum Gasteiger partial charge on any atom is -0.393 e. The molecule has 1 aliphatic heterocycles. The van der Waals surface area contributed by atoms with Gasteiger partial charge in [-0.2, -0.15) is 0 Å². The van der Waals surface area contributed by atoms with Gasteiger partial charge in [0.05, 0.1) is 6.10 Å². The zero-order valence-corrected chi connectivity index (χ0v) is 13.5. The molecule has 112 valence electrons. The maximum atomic E-state index is 10.4. The summed E-state index contributed by atoms with van der Waals surface area (Å²) >= 11 is 0. The predicted octanol–water partition coefficient (Wildman–Crippen LogP) is 3.40. The van der Waals surface area contributed by atoms with Crippen molar-refractivity contribution in [2.45, 2.75) is 60.0 Å². The lowest BCUT2D eigenvalue weighted by molar-refractivity contribution is 0.000184. The molecule has 2 aliphatic rings. The third-order valence-electron chi connectivity index (χ3n) is 5.61. The van der Waals surface area contributed by atoms with Crippen LogP contribution in [0.3, 0.4) is 0 Å². The van der Waals surface area contributed by atoms with E-state index in [4.69, 9.17) is 0 Å². The highest BCUT2D eigenvalue weighted by molar-refractivity contribution is 4.89. The average molecular weight is 267 g/mol. The van der Waals surface area contributed by atoms with Gasteiger partial charge in [0.2, 0.25) is 0 Å². The summed E-state index contributed by atoms with van der Waals surface area (Å²) in [7, 11) is 0. The first kappa shape index (κ1) is 15.3. The van der Waals surface area contributed by atoms with E-state index >= 15 is 0 Å². The van der Waals surface area contributed by atoms with Crippen LogP contribution < -0.4 is 0 Å². The fraction of sp³-hybridized carbons (Fsp3) is 1.00. The Labute approximate surface area is 119 Å². The van der Waals surface area contributed by atoms with Crippen LogP contribution >= 0.6 is 0 Å². The summed E-state index contributed by atoms with van der Waals surface area (Å²) < 4.78 is 0. The fourth-order valence-electron chi connectivity index (χ4n) is 4.18. The zero-order valence-electron chi connectivity index (χ0n) is 13.5. The van der Waals surface area contributed by atoms with Gasteiger partial charge in [0, 0.05) is 19.0 Å². The lowest BCUT2D eigenvalue weighted by Crippen LogP contribution is -2.42. The summed E-state index contributed by atoms with van der Waals surface area (Å²) in [4.78, 5) is 2.61. The molecule has 0 spiro atoms. The van der Waals surface area contributed by atoms with Gasteiger partial charge in [-0.15, -0.1) is 0 Å².